The molecule has 1 amide bonds. The predicted molar refractivity (Wildman–Crippen MR) is 99.3 cm³/mol. The molecule has 0 atom stereocenters. The van der Waals surface area contributed by atoms with Crippen LogP contribution in [0.5, 0.6) is 5.75 Å². The van der Waals surface area contributed by atoms with Gasteiger partial charge in [0.25, 0.3) is 0 Å². The summed E-state index contributed by atoms with van der Waals surface area (Å²) in [6, 6.07) is 14.7. The zero-order chi connectivity index (χ0) is 18.5. The Kier molecular flexibility index (Phi) is 5.89. The molecule has 4 nitrogen and oxygen atoms in total. The van der Waals surface area contributed by atoms with E-state index in [1.165, 1.54) is 12.1 Å². The number of para-hydroxylation sites is 1. The maximum absolute atomic E-state index is 13.1. The molecule has 3 rings (SSSR count). The number of hydrogen-bond donors (Lipinski definition) is 0. The first-order valence-electron chi connectivity index (χ1n) is 8.91. The van der Waals surface area contributed by atoms with E-state index in [4.69, 9.17) is 4.74 Å². The highest BCUT2D eigenvalue weighted by Crippen LogP contribution is 2.28. The van der Waals surface area contributed by atoms with Crippen molar-refractivity contribution < 1.29 is 13.9 Å². The van der Waals surface area contributed by atoms with Crippen molar-refractivity contribution in [3.63, 3.8) is 0 Å². The molecule has 1 saturated carbocycles. The van der Waals surface area contributed by atoms with Gasteiger partial charge in [-0.05, 0) is 36.6 Å². The van der Waals surface area contributed by atoms with Crippen LogP contribution >= 0.6 is 0 Å². The Morgan fingerprint density at radius 3 is 2.46 bits per heavy atom. The summed E-state index contributed by atoms with van der Waals surface area (Å²) in [6.45, 7) is 1.55. The van der Waals surface area contributed by atoms with E-state index in [0.717, 1.165) is 29.7 Å². The Hall–Kier alpha value is -2.40. The van der Waals surface area contributed by atoms with Crippen LogP contribution in [-0.4, -0.2) is 42.5 Å². The second-order valence-electron chi connectivity index (χ2n) is 6.82. The molecule has 1 fully saturated rings. The highest BCUT2D eigenvalue weighted by atomic mass is 19.1. The van der Waals surface area contributed by atoms with Gasteiger partial charge in [-0.1, -0.05) is 30.3 Å². The minimum atomic E-state index is -0.237. The average Bonchev–Trinajstić information content (AvgIpc) is 3.48. The highest BCUT2D eigenvalue weighted by molar-refractivity contribution is 5.78. The number of amides is 1. The number of methoxy groups -OCH3 is 1. The second kappa shape index (κ2) is 8.32. The van der Waals surface area contributed by atoms with E-state index >= 15 is 0 Å². The molecule has 0 bridgehead atoms. The summed E-state index contributed by atoms with van der Waals surface area (Å²) in [6.07, 6.45) is 2.23. The molecule has 0 spiro atoms. The molecule has 2 aromatic carbocycles. The molecule has 138 valence electrons. The number of rotatable bonds is 8. The van der Waals surface area contributed by atoms with E-state index in [2.05, 4.69) is 4.90 Å². The van der Waals surface area contributed by atoms with Gasteiger partial charge in [0.1, 0.15) is 11.6 Å². The first-order valence-corrected chi connectivity index (χ1v) is 8.91. The molecular weight excluding hydrogens is 331 g/mol. The van der Waals surface area contributed by atoms with Crippen molar-refractivity contribution in [3.8, 4) is 5.75 Å². The van der Waals surface area contributed by atoms with Crippen LogP contribution in [-0.2, 0) is 17.9 Å². The molecule has 1 aliphatic carbocycles. The quantitative estimate of drug-likeness (QED) is 0.726. The lowest BCUT2D eigenvalue weighted by Gasteiger charge is -2.25. The molecule has 5 heteroatoms. The van der Waals surface area contributed by atoms with Gasteiger partial charge in [0.15, 0.2) is 0 Å². The molecule has 0 N–H and O–H groups in total. The fourth-order valence-corrected chi connectivity index (χ4v) is 3.05. The summed E-state index contributed by atoms with van der Waals surface area (Å²) in [7, 11) is 3.45. The molecule has 0 saturated heterocycles. The van der Waals surface area contributed by atoms with E-state index in [1.807, 2.05) is 31.3 Å². The number of likely N-dealkylation sites (N-methyl/N-ethyl adjacent to an activating group) is 1. The second-order valence-corrected chi connectivity index (χ2v) is 6.82. The van der Waals surface area contributed by atoms with Gasteiger partial charge in [-0.15, -0.1) is 0 Å². The summed E-state index contributed by atoms with van der Waals surface area (Å²) in [5.74, 6) is 0.627. The third-order valence-corrected chi connectivity index (χ3v) is 4.73. The van der Waals surface area contributed by atoms with Crippen LogP contribution in [0.3, 0.4) is 0 Å². The number of carbonyl (C=O) groups is 1. The van der Waals surface area contributed by atoms with E-state index in [1.54, 1.807) is 24.1 Å². The van der Waals surface area contributed by atoms with Gasteiger partial charge in [0.05, 0.1) is 13.7 Å². The number of halogens is 1. The first-order chi connectivity index (χ1) is 12.6. The summed E-state index contributed by atoms with van der Waals surface area (Å²) in [5, 5.41) is 0. The van der Waals surface area contributed by atoms with E-state index in [0.29, 0.717) is 25.7 Å². The Morgan fingerprint density at radius 2 is 1.81 bits per heavy atom. The first kappa shape index (κ1) is 18.4. The molecule has 0 radical (unpaired) electrons. The van der Waals surface area contributed by atoms with Gasteiger partial charge >= 0.3 is 0 Å². The van der Waals surface area contributed by atoms with E-state index in [9.17, 15) is 9.18 Å². The summed E-state index contributed by atoms with van der Waals surface area (Å²) in [5.41, 5.74) is 2.01. The van der Waals surface area contributed by atoms with Gasteiger partial charge in [0, 0.05) is 31.7 Å². The maximum atomic E-state index is 13.1. The Balaban J connectivity index is 1.61. The van der Waals surface area contributed by atoms with Crippen LogP contribution in [0.4, 0.5) is 4.39 Å². The minimum absolute atomic E-state index is 0.0740. The number of carbonyl (C=O) groups excluding carboxylic acids is 1. The van der Waals surface area contributed by atoms with Crippen molar-refractivity contribution in [1.82, 2.24) is 9.80 Å². The molecule has 0 heterocycles. The van der Waals surface area contributed by atoms with Crippen LogP contribution in [0.1, 0.15) is 24.0 Å². The Bertz CT molecular complexity index is 744. The van der Waals surface area contributed by atoms with E-state index < -0.39 is 0 Å². The third-order valence-electron chi connectivity index (χ3n) is 4.73. The van der Waals surface area contributed by atoms with Crippen molar-refractivity contribution in [1.29, 1.82) is 0 Å². The lowest BCUT2D eigenvalue weighted by atomic mass is 10.2. The molecular formula is C21H25FN2O2. The van der Waals surface area contributed by atoms with E-state index in [-0.39, 0.29) is 11.7 Å². The Morgan fingerprint density at radius 1 is 1.12 bits per heavy atom. The largest absolute Gasteiger partial charge is 0.496 e. The summed E-state index contributed by atoms with van der Waals surface area (Å²) < 4.78 is 18.5. The van der Waals surface area contributed by atoms with Crippen molar-refractivity contribution in [3.05, 3.63) is 65.5 Å². The smallest absolute Gasteiger partial charge is 0.236 e. The zero-order valence-electron chi connectivity index (χ0n) is 15.3. The van der Waals surface area contributed by atoms with Crippen LogP contribution < -0.4 is 4.74 Å². The maximum Gasteiger partial charge on any atom is 0.236 e. The van der Waals surface area contributed by atoms with Crippen molar-refractivity contribution >= 4 is 5.91 Å². The standard InChI is InChI=1S/C21H25FN2O2/c1-23(14-17-5-3-4-6-20(17)26-2)21(25)15-24(19-11-12-19)13-16-7-9-18(22)10-8-16/h3-10,19H,11-15H2,1-2H3. The van der Waals surface area contributed by atoms with Crippen molar-refractivity contribution in [2.75, 3.05) is 20.7 Å². The summed E-state index contributed by atoms with van der Waals surface area (Å²) in [4.78, 5) is 16.6. The highest BCUT2D eigenvalue weighted by Gasteiger charge is 2.31. The molecule has 0 aromatic heterocycles. The predicted octanol–water partition coefficient (Wildman–Crippen LogP) is 3.46. The fraction of sp³-hybridized carbons (Fsp3) is 0.381. The van der Waals surface area contributed by atoms with Crippen molar-refractivity contribution in [2.24, 2.45) is 0 Å². The van der Waals surface area contributed by atoms with Crippen LogP contribution in [0.15, 0.2) is 48.5 Å². The average molecular weight is 356 g/mol. The van der Waals surface area contributed by atoms with Crippen LogP contribution in [0.25, 0.3) is 0 Å². The number of ether oxygens (including phenoxy) is 1. The van der Waals surface area contributed by atoms with Gasteiger partial charge < -0.3 is 9.64 Å². The van der Waals surface area contributed by atoms with Gasteiger partial charge in [-0.2, -0.15) is 0 Å². The van der Waals surface area contributed by atoms with Gasteiger partial charge in [-0.25, -0.2) is 4.39 Å². The van der Waals surface area contributed by atoms with Gasteiger partial charge in [-0.3, -0.25) is 9.69 Å². The summed E-state index contributed by atoms with van der Waals surface area (Å²) >= 11 is 0. The number of nitrogens with zero attached hydrogens (tertiary/aromatic N) is 2. The monoisotopic (exact) mass is 356 g/mol. The Labute approximate surface area is 154 Å². The molecule has 2 aromatic rings. The molecule has 26 heavy (non-hydrogen) atoms. The SMILES string of the molecule is COc1ccccc1CN(C)C(=O)CN(Cc1ccc(F)cc1)C1CC1. The van der Waals surface area contributed by atoms with Gasteiger partial charge in [0.2, 0.25) is 5.91 Å². The van der Waals surface area contributed by atoms with Crippen LogP contribution in [0, 0.1) is 5.82 Å². The topological polar surface area (TPSA) is 32.8 Å². The minimum Gasteiger partial charge on any atom is -0.496 e. The zero-order valence-corrected chi connectivity index (χ0v) is 15.3. The lowest BCUT2D eigenvalue weighted by molar-refractivity contribution is -0.132. The number of hydrogen-bond acceptors (Lipinski definition) is 3. The van der Waals surface area contributed by atoms with Crippen LogP contribution in [0.2, 0.25) is 0 Å². The lowest BCUT2D eigenvalue weighted by Crippen LogP contribution is -2.39. The number of benzene rings is 2. The normalized spacial score (nSPS) is 13.7. The molecule has 0 aliphatic heterocycles. The fourth-order valence-electron chi connectivity index (χ4n) is 3.05. The van der Waals surface area contributed by atoms with Crippen molar-refractivity contribution in [2.45, 2.75) is 32.0 Å². The molecule has 1 aliphatic rings. The molecule has 0 unspecified atom stereocenters. The third kappa shape index (κ3) is 4.82.